The van der Waals surface area contributed by atoms with Crippen LogP contribution in [-0.4, -0.2) is 16.8 Å². The first kappa shape index (κ1) is 13.1. The largest absolute Gasteiger partial charge is 0.507 e. The van der Waals surface area contributed by atoms with Crippen molar-refractivity contribution in [1.82, 2.24) is 0 Å². The number of aliphatic hydroxyl groups excluding tert-OH is 1. The number of aromatic hydroxyl groups is 1. The molecule has 6 heteroatoms. The summed E-state index contributed by atoms with van der Waals surface area (Å²) in [6.45, 7) is 1.12. The molecule has 0 bridgehead atoms. The van der Waals surface area contributed by atoms with E-state index in [1.54, 1.807) is 0 Å². The van der Waals surface area contributed by atoms with Crippen LogP contribution in [0.1, 0.15) is 24.0 Å². The predicted octanol–water partition coefficient (Wildman–Crippen LogP) is 3.16. The van der Waals surface area contributed by atoms with E-state index in [0.717, 1.165) is 0 Å². The average Bonchev–Trinajstić information content (AvgIpc) is 2.18. The van der Waals surface area contributed by atoms with Gasteiger partial charge in [0.2, 0.25) is 0 Å². The third-order valence-corrected chi connectivity index (χ3v) is 2.43. The molecule has 0 aliphatic carbocycles. The predicted molar refractivity (Wildman–Crippen MR) is 53.6 cm³/mol. The summed E-state index contributed by atoms with van der Waals surface area (Å²) in [5.41, 5.74) is -1.20. The van der Waals surface area contributed by atoms with Crippen molar-refractivity contribution < 1.29 is 23.4 Å². The van der Waals surface area contributed by atoms with E-state index in [4.69, 9.17) is 16.7 Å². The average molecular weight is 255 g/mol. The molecule has 2 N–H and O–H groups in total. The fourth-order valence-corrected chi connectivity index (χ4v) is 1.54. The standard InChI is InChI=1S/C10H10ClF3O2/c1-5(4-15)7-2-6(11)3-8(9(7)16)10(12,13)14/h2-3,5,15-16H,4H2,1H3. The molecular formula is C10H10ClF3O2. The Balaban J connectivity index is 3.38. The minimum absolute atomic E-state index is 0.0117. The summed E-state index contributed by atoms with van der Waals surface area (Å²) in [7, 11) is 0. The topological polar surface area (TPSA) is 40.5 Å². The van der Waals surface area contributed by atoms with Gasteiger partial charge in [0.15, 0.2) is 0 Å². The fraction of sp³-hybridized carbons (Fsp3) is 0.400. The lowest BCUT2D eigenvalue weighted by atomic mass is 9.98. The molecule has 16 heavy (non-hydrogen) atoms. The molecule has 1 unspecified atom stereocenters. The Kier molecular flexibility index (Phi) is 3.70. The summed E-state index contributed by atoms with van der Waals surface area (Å²) in [5.74, 6) is -1.49. The monoisotopic (exact) mass is 254 g/mol. The Bertz CT molecular complexity index is 390. The van der Waals surface area contributed by atoms with Crippen LogP contribution in [0.3, 0.4) is 0 Å². The van der Waals surface area contributed by atoms with Crippen LogP contribution >= 0.6 is 11.6 Å². The van der Waals surface area contributed by atoms with Crippen LogP contribution in [0.5, 0.6) is 5.75 Å². The number of hydrogen-bond donors (Lipinski definition) is 2. The number of rotatable bonds is 2. The molecular weight excluding hydrogens is 245 g/mol. The smallest absolute Gasteiger partial charge is 0.420 e. The van der Waals surface area contributed by atoms with Crippen molar-refractivity contribution in [2.24, 2.45) is 0 Å². The van der Waals surface area contributed by atoms with Crippen molar-refractivity contribution in [1.29, 1.82) is 0 Å². The third kappa shape index (κ3) is 2.59. The highest BCUT2D eigenvalue weighted by Gasteiger charge is 2.35. The third-order valence-electron chi connectivity index (χ3n) is 2.21. The highest BCUT2D eigenvalue weighted by atomic mass is 35.5. The number of phenolic OH excluding ortho intramolecular Hbond substituents is 1. The lowest BCUT2D eigenvalue weighted by Crippen LogP contribution is -2.08. The van der Waals surface area contributed by atoms with Crippen LogP contribution in [0.15, 0.2) is 12.1 Å². The van der Waals surface area contributed by atoms with Crippen LogP contribution in [0.25, 0.3) is 0 Å². The maximum Gasteiger partial charge on any atom is 0.420 e. The number of aliphatic hydroxyl groups is 1. The summed E-state index contributed by atoms with van der Waals surface area (Å²) >= 11 is 5.54. The normalized spacial score (nSPS) is 13.9. The molecule has 90 valence electrons. The van der Waals surface area contributed by atoms with Crippen LogP contribution in [-0.2, 0) is 6.18 Å². The molecule has 0 fully saturated rings. The molecule has 0 aliphatic heterocycles. The summed E-state index contributed by atoms with van der Waals surface area (Å²) in [6.07, 6.45) is -4.67. The van der Waals surface area contributed by atoms with Gasteiger partial charge in [-0.05, 0) is 12.1 Å². The van der Waals surface area contributed by atoms with Crippen molar-refractivity contribution in [2.75, 3.05) is 6.61 Å². The minimum Gasteiger partial charge on any atom is -0.507 e. The van der Waals surface area contributed by atoms with E-state index < -0.39 is 23.4 Å². The molecule has 0 saturated carbocycles. The molecule has 0 radical (unpaired) electrons. The lowest BCUT2D eigenvalue weighted by Gasteiger charge is -2.16. The number of halogens is 4. The Morgan fingerprint density at radius 2 is 1.94 bits per heavy atom. The first-order chi connectivity index (χ1) is 7.27. The van der Waals surface area contributed by atoms with Gasteiger partial charge in [-0.3, -0.25) is 0 Å². The van der Waals surface area contributed by atoms with Crippen molar-refractivity contribution in [2.45, 2.75) is 19.0 Å². The number of hydrogen-bond acceptors (Lipinski definition) is 2. The molecule has 0 heterocycles. The second-order valence-corrected chi connectivity index (χ2v) is 3.91. The molecule has 1 atom stereocenters. The van der Waals surface area contributed by atoms with Crippen molar-refractivity contribution >= 4 is 11.6 Å². The van der Waals surface area contributed by atoms with Gasteiger partial charge in [-0.1, -0.05) is 18.5 Å². The highest BCUT2D eigenvalue weighted by Crippen LogP contribution is 2.41. The zero-order valence-electron chi connectivity index (χ0n) is 8.35. The lowest BCUT2D eigenvalue weighted by molar-refractivity contribution is -0.138. The van der Waals surface area contributed by atoms with E-state index in [-0.39, 0.29) is 17.2 Å². The van der Waals surface area contributed by atoms with Gasteiger partial charge in [0, 0.05) is 23.1 Å². The maximum absolute atomic E-state index is 12.5. The van der Waals surface area contributed by atoms with Gasteiger partial charge in [0.1, 0.15) is 5.75 Å². The van der Waals surface area contributed by atoms with Crippen LogP contribution in [0.2, 0.25) is 5.02 Å². The van der Waals surface area contributed by atoms with Crippen molar-refractivity contribution in [3.8, 4) is 5.75 Å². The first-order valence-electron chi connectivity index (χ1n) is 4.47. The molecule has 2 nitrogen and oxygen atoms in total. The van der Waals surface area contributed by atoms with Crippen LogP contribution in [0, 0.1) is 0 Å². The zero-order valence-corrected chi connectivity index (χ0v) is 9.10. The molecule has 0 spiro atoms. The number of benzene rings is 1. The Morgan fingerprint density at radius 1 is 1.38 bits per heavy atom. The summed E-state index contributed by atoms with van der Waals surface area (Å²) in [5, 5.41) is 18.2. The van der Waals surface area contributed by atoms with E-state index in [0.29, 0.717) is 6.07 Å². The Hall–Kier alpha value is -0.940. The van der Waals surface area contributed by atoms with E-state index in [9.17, 15) is 18.3 Å². The summed E-state index contributed by atoms with van der Waals surface area (Å²) in [6, 6.07) is 1.87. The van der Waals surface area contributed by atoms with Crippen molar-refractivity contribution in [3.63, 3.8) is 0 Å². The number of alkyl halides is 3. The van der Waals surface area contributed by atoms with E-state index >= 15 is 0 Å². The van der Waals surface area contributed by atoms with Crippen molar-refractivity contribution in [3.05, 3.63) is 28.3 Å². The first-order valence-corrected chi connectivity index (χ1v) is 4.85. The van der Waals surface area contributed by atoms with Gasteiger partial charge >= 0.3 is 6.18 Å². The zero-order chi connectivity index (χ0) is 12.5. The second-order valence-electron chi connectivity index (χ2n) is 3.47. The highest BCUT2D eigenvalue weighted by molar-refractivity contribution is 6.30. The SMILES string of the molecule is CC(CO)c1cc(Cl)cc(C(F)(F)F)c1O. The minimum atomic E-state index is -4.67. The molecule has 1 aromatic carbocycles. The van der Waals surface area contributed by atoms with Crippen LogP contribution < -0.4 is 0 Å². The van der Waals surface area contributed by atoms with Crippen LogP contribution in [0.4, 0.5) is 13.2 Å². The fourth-order valence-electron chi connectivity index (χ4n) is 1.31. The van der Waals surface area contributed by atoms with Gasteiger partial charge < -0.3 is 10.2 Å². The van der Waals surface area contributed by atoms with E-state index in [1.165, 1.54) is 13.0 Å². The maximum atomic E-state index is 12.5. The molecule has 1 rings (SSSR count). The van der Waals surface area contributed by atoms with E-state index in [1.807, 2.05) is 0 Å². The molecule has 0 aromatic heterocycles. The molecule has 0 saturated heterocycles. The van der Waals surface area contributed by atoms with Gasteiger partial charge in [-0.2, -0.15) is 13.2 Å². The van der Waals surface area contributed by atoms with Gasteiger partial charge in [-0.15, -0.1) is 0 Å². The quantitative estimate of drug-likeness (QED) is 0.851. The Labute approximate surface area is 95.3 Å². The van der Waals surface area contributed by atoms with Gasteiger partial charge in [-0.25, -0.2) is 0 Å². The summed E-state index contributed by atoms with van der Waals surface area (Å²) < 4.78 is 37.5. The van der Waals surface area contributed by atoms with Gasteiger partial charge in [0.25, 0.3) is 0 Å². The summed E-state index contributed by atoms with van der Waals surface area (Å²) in [4.78, 5) is 0. The second kappa shape index (κ2) is 4.51. The van der Waals surface area contributed by atoms with Gasteiger partial charge in [0.05, 0.1) is 5.56 Å². The Morgan fingerprint density at radius 3 is 2.38 bits per heavy atom. The van der Waals surface area contributed by atoms with E-state index in [2.05, 4.69) is 0 Å². The molecule has 0 amide bonds. The number of phenols is 1. The molecule has 1 aromatic rings. The molecule has 0 aliphatic rings.